The predicted octanol–water partition coefficient (Wildman–Crippen LogP) is 1.12. The molecule has 0 bridgehead atoms. The number of ether oxygens (including phenoxy) is 1. The molecule has 0 aliphatic carbocycles. The third-order valence-electron chi connectivity index (χ3n) is 2.25. The Morgan fingerprint density at radius 1 is 1.59 bits per heavy atom. The molecule has 1 aromatic rings. The molecule has 1 heterocycles. The van der Waals surface area contributed by atoms with Crippen molar-refractivity contribution >= 4 is 16.8 Å². The first-order chi connectivity index (χ1) is 7.93. The molecule has 0 saturated carbocycles. The zero-order chi connectivity index (χ0) is 13.0. The Kier molecular flexibility index (Phi) is 4.62. The minimum Gasteiger partial charge on any atom is -0.497 e. The highest BCUT2D eigenvalue weighted by atomic mass is 32.2. The summed E-state index contributed by atoms with van der Waals surface area (Å²) in [6.45, 7) is 3.22. The van der Waals surface area contributed by atoms with Gasteiger partial charge in [-0.15, -0.1) is 0 Å². The van der Waals surface area contributed by atoms with Crippen LogP contribution in [0.3, 0.4) is 0 Å². The normalized spacial score (nSPS) is 14.1. The molecule has 2 unspecified atom stereocenters. The minimum absolute atomic E-state index is 0.117. The Morgan fingerprint density at radius 3 is 2.76 bits per heavy atom. The molecule has 1 rings (SSSR count). The van der Waals surface area contributed by atoms with Gasteiger partial charge in [-0.25, -0.2) is 0 Å². The Bertz CT molecular complexity index is 447. The van der Waals surface area contributed by atoms with Crippen molar-refractivity contribution in [1.82, 2.24) is 4.98 Å². The van der Waals surface area contributed by atoms with E-state index in [0.29, 0.717) is 11.4 Å². The van der Waals surface area contributed by atoms with Gasteiger partial charge < -0.3 is 9.84 Å². The first-order valence-corrected chi connectivity index (χ1v) is 6.43. The zero-order valence-electron chi connectivity index (χ0n) is 9.97. The number of carboxylic acid groups (broad SMARTS) is 1. The van der Waals surface area contributed by atoms with Crippen molar-refractivity contribution in [2.24, 2.45) is 0 Å². The van der Waals surface area contributed by atoms with E-state index >= 15 is 0 Å². The summed E-state index contributed by atoms with van der Waals surface area (Å²) in [5.74, 6) is -0.318. The number of pyridine rings is 1. The highest BCUT2D eigenvalue weighted by molar-refractivity contribution is 7.85. The van der Waals surface area contributed by atoms with Crippen LogP contribution in [0, 0.1) is 6.92 Å². The van der Waals surface area contributed by atoms with Crippen LogP contribution in [-0.2, 0) is 21.3 Å². The summed E-state index contributed by atoms with van der Waals surface area (Å²) in [4.78, 5) is 14.9. The lowest BCUT2D eigenvalue weighted by molar-refractivity contribution is -0.136. The van der Waals surface area contributed by atoms with Gasteiger partial charge in [0, 0.05) is 28.6 Å². The molecule has 2 atom stereocenters. The fourth-order valence-corrected chi connectivity index (χ4v) is 2.19. The predicted molar refractivity (Wildman–Crippen MR) is 64.5 cm³/mol. The molecule has 94 valence electrons. The first kappa shape index (κ1) is 13.6. The van der Waals surface area contributed by atoms with E-state index in [0.717, 1.165) is 5.69 Å². The quantitative estimate of drug-likeness (QED) is 0.855. The van der Waals surface area contributed by atoms with E-state index in [1.54, 1.807) is 19.1 Å². The van der Waals surface area contributed by atoms with Gasteiger partial charge in [0.05, 0.1) is 18.6 Å². The van der Waals surface area contributed by atoms with Crippen LogP contribution in [0.2, 0.25) is 0 Å². The molecule has 0 amide bonds. The van der Waals surface area contributed by atoms with E-state index in [2.05, 4.69) is 4.98 Å². The average Bonchev–Trinajstić information content (AvgIpc) is 2.26. The number of hydrogen-bond acceptors (Lipinski definition) is 4. The van der Waals surface area contributed by atoms with Crippen LogP contribution in [0.15, 0.2) is 12.1 Å². The second-order valence-corrected chi connectivity index (χ2v) is 5.40. The lowest BCUT2D eigenvalue weighted by Gasteiger charge is -2.08. The average molecular weight is 257 g/mol. The number of aromatic nitrogens is 1. The van der Waals surface area contributed by atoms with Gasteiger partial charge in [0.15, 0.2) is 0 Å². The summed E-state index contributed by atoms with van der Waals surface area (Å²) >= 11 is 0. The van der Waals surface area contributed by atoms with Crippen LogP contribution in [0.4, 0.5) is 0 Å². The number of carbonyl (C=O) groups is 1. The van der Waals surface area contributed by atoms with Gasteiger partial charge in [-0.3, -0.25) is 14.0 Å². The third kappa shape index (κ3) is 3.81. The number of aliphatic carboxylic acids is 1. The van der Waals surface area contributed by atoms with E-state index in [1.165, 1.54) is 14.0 Å². The molecular formula is C11H15NO4S. The Balaban J connectivity index is 2.84. The molecule has 0 aromatic carbocycles. The van der Waals surface area contributed by atoms with E-state index in [1.807, 2.05) is 0 Å². The van der Waals surface area contributed by atoms with Crippen LogP contribution >= 0.6 is 0 Å². The number of hydrogen-bond donors (Lipinski definition) is 1. The molecule has 6 heteroatoms. The van der Waals surface area contributed by atoms with Crippen LogP contribution < -0.4 is 4.74 Å². The molecule has 1 N–H and O–H groups in total. The van der Waals surface area contributed by atoms with Crippen molar-refractivity contribution in [3.8, 4) is 5.75 Å². The summed E-state index contributed by atoms with van der Waals surface area (Å²) in [7, 11) is 0.0551. The van der Waals surface area contributed by atoms with Gasteiger partial charge in [-0.05, 0) is 13.8 Å². The van der Waals surface area contributed by atoms with Crippen LogP contribution in [0.1, 0.15) is 18.3 Å². The maximum atomic E-state index is 11.7. The number of rotatable bonds is 5. The SMILES string of the molecule is COc1cc(C)nc(CS(=O)C(C)C(=O)O)c1. The van der Waals surface area contributed by atoms with Gasteiger partial charge >= 0.3 is 5.97 Å². The van der Waals surface area contributed by atoms with Gasteiger partial charge in [0.1, 0.15) is 11.0 Å². The Hall–Kier alpha value is -1.43. The van der Waals surface area contributed by atoms with Crippen molar-refractivity contribution in [2.45, 2.75) is 24.9 Å². The fourth-order valence-electron chi connectivity index (χ4n) is 1.28. The smallest absolute Gasteiger partial charge is 0.318 e. The van der Waals surface area contributed by atoms with Crippen molar-refractivity contribution < 1.29 is 18.8 Å². The monoisotopic (exact) mass is 257 g/mol. The highest BCUT2D eigenvalue weighted by Crippen LogP contribution is 2.15. The van der Waals surface area contributed by atoms with Crippen molar-refractivity contribution in [2.75, 3.05) is 7.11 Å². The molecule has 0 aliphatic heterocycles. The van der Waals surface area contributed by atoms with Gasteiger partial charge in [-0.1, -0.05) is 0 Å². The second-order valence-electron chi connectivity index (χ2n) is 3.65. The van der Waals surface area contributed by atoms with Crippen LogP contribution in [-0.4, -0.2) is 32.6 Å². The third-order valence-corrected chi connectivity index (χ3v) is 3.82. The maximum absolute atomic E-state index is 11.7. The van der Waals surface area contributed by atoms with Crippen molar-refractivity contribution in [1.29, 1.82) is 0 Å². The standard InChI is InChI=1S/C11H15NO4S/c1-7-4-10(16-3)5-9(12-7)6-17(15)8(2)11(13)14/h4-5,8H,6H2,1-3H3,(H,13,14). The summed E-state index contributed by atoms with van der Waals surface area (Å²) in [5, 5.41) is 7.85. The number of nitrogens with zero attached hydrogens (tertiary/aromatic N) is 1. The number of methoxy groups -OCH3 is 1. The zero-order valence-corrected chi connectivity index (χ0v) is 10.8. The van der Waals surface area contributed by atoms with E-state index in [-0.39, 0.29) is 5.75 Å². The fraction of sp³-hybridized carbons (Fsp3) is 0.455. The molecule has 1 aromatic heterocycles. The lowest BCUT2D eigenvalue weighted by Crippen LogP contribution is -2.23. The van der Waals surface area contributed by atoms with E-state index in [4.69, 9.17) is 9.84 Å². The Labute approximate surface area is 102 Å². The molecule has 0 aliphatic rings. The van der Waals surface area contributed by atoms with E-state index < -0.39 is 22.0 Å². The molecule has 0 spiro atoms. The second kappa shape index (κ2) is 5.77. The summed E-state index contributed by atoms with van der Waals surface area (Å²) < 4.78 is 16.8. The van der Waals surface area contributed by atoms with Crippen molar-refractivity contribution in [3.63, 3.8) is 0 Å². The molecule has 0 saturated heterocycles. The molecule has 17 heavy (non-hydrogen) atoms. The van der Waals surface area contributed by atoms with Gasteiger partial charge in [0.25, 0.3) is 0 Å². The topological polar surface area (TPSA) is 76.5 Å². The maximum Gasteiger partial charge on any atom is 0.318 e. The minimum atomic E-state index is -1.48. The Morgan fingerprint density at radius 2 is 2.24 bits per heavy atom. The van der Waals surface area contributed by atoms with Crippen molar-refractivity contribution in [3.05, 3.63) is 23.5 Å². The largest absolute Gasteiger partial charge is 0.497 e. The number of carboxylic acids is 1. The molecule has 5 nitrogen and oxygen atoms in total. The summed E-state index contributed by atoms with van der Waals surface area (Å²) in [6, 6.07) is 3.42. The van der Waals surface area contributed by atoms with E-state index in [9.17, 15) is 9.00 Å². The lowest BCUT2D eigenvalue weighted by atomic mass is 10.3. The van der Waals surface area contributed by atoms with Crippen LogP contribution in [0.5, 0.6) is 5.75 Å². The summed E-state index contributed by atoms with van der Waals surface area (Å²) in [6.07, 6.45) is 0. The van der Waals surface area contributed by atoms with Gasteiger partial charge in [-0.2, -0.15) is 0 Å². The molecular weight excluding hydrogens is 242 g/mol. The first-order valence-electron chi connectivity index (χ1n) is 5.05. The highest BCUT2D eigenvalue weighted by Gasteiger charge is 2.19. The molecule has 0 fully saturated rings. The summed E-state index contributed by atoms with van der Waals surface area (Å²) in [5.41, 5.74) is 1.33. The van der Waals surface area contributed by atoms with Crippen LogP contribution in [0.25, 0.3) is 0 Å². The van der Waals surface area contributed by atoms with Gasteiger partial charge in [0.2, 0.25) is 0 Å². The molecule has 0 radical (unpaired) electrons. The number of aryl methyl sites for hydroxylation is 1.